The summed E-state index contributed by atoms with van der Waals surface area (Å²) in [6, 6.07) is 7.42. The largest absolute Gasteiger partial charge is 0.338 e. The summed E-state index contributed by atoms with van der Waals surface area (Å²) < 4.78 is 26.9. The second kappa shape index (κ2) is 6.82. The number of aromatic amines is 1. The number of halogens is 2. The monoisotopic (exact) mass is 437 g/mol. The van der Waals surface area contributed by atoms with Crippen LogP contribution in [0.25, 0.3) is 10.9 Å². The number of H-pyrrole nitrogens is 1. The van der Waals surface area contributed by atoms with Gasteiger partial charge in [-0.3, -0.25) is 9.59 Å². The lowest BCUT2D eigenvalue weighted by atomic mass is 10.0. The summed E-state index contributed by atoms with van der Waals surface area (Å²) in [6.07, 6.45) is 3.38. The molecule has 9 heteroatoms. The van der Waals surface area contributed by atoms with E-state index in [0.717, 1.165) is 30.0 Å². The first-order chi connectivity index (χ1) is 15.4. The number of alkyl halides is 2. The molecule has 0 bridgehead atoms. The number of nitrogens with one attached hydrogen (secondary N) is 1. The number of carbonyl (C=O) groups is 1. The summed E-state index contributed by atoms with van der Waals surface area (Å²) in [5, 5.41) is 0.527. The van der Waals surface area contributed by atoms with Crippen molar-refractivity contribution in [3.8, 4) is 0 Å². The Morgan fingerprint density at radius 3 is 2.78 bits per heavy atom. The number of rotatable bonds is 2. The van der Waals surface area contributed by atoms with Gasteiger partial charge in [0.25, 0.3) is 17.4 Å². The van der Waals surface area contributed by atoms with Crippen LogP contribution in [0, 0.1) is 5.92 Å². The van der Waals surface area contributed by atoms with Crippen molar-refractivity contribution in [1.82, 2.24) is 19.9 Å². The molecule has 2 unspecified atom stereocenters. The molecule has 2 aliphatic heterocycles. The van der Waals surface area contributed by atoms with Gasteiger partial charge < -0.3 is 14.8 Å². The summed E-state index contributed by atoms with van der Waals surface area (Å²) in [4.78, 5) is 40.0. The SMILES string of the molecule is O=C(c1cnc2c(c1)C1CC1CN2c1ccc2c(=O)[nH]cnc2c1)N1CCC(F)(F)CC1. The molecule has 1 saturated carbocycles. The number of carbonyl (C=O) groups excluding carboxylic acids is 1. The Hall–Kier alpha value is -3.36. The predicted molar refractivity (Wildman–Crippen MR) is 115 cm³/mol. The molecule has 4 heterocycles. The minimum atomic E-state index is -2.69. The third kappa shape index (κ3) is 3.14. The number of aromatic nitrogens is 3. The molecule has 164 valence electrons. The number of hydrogen-bond acceptors (Lipinski definition) is 5. The molecule has 32 heavy (non-hydrogen) atoms. The van der Waals surface area contributed by atoms with Gasteiger partial charge in [0, 0.05) is 44.4 Å². The molecule has 1 amide bonds. The number of likely N-dealkylation sites (tertiary alicyclic amines) is 1. The van der Waals surface area contributed by atoms with Crippen LogP contribution in [0.1, 0.15) is 41.1 Å². The average Bonchev–Trinajstić information content (AvgIpc) is 3.58. The zero-order chi connectivity index (χ0) is 22.0. The van der Waals surface area contributed by atoms with E-state index in [4.69, 9.17) is 0 Å². The van der Waals surface area contributed by atoms with Crippen LogP contribution in [-0.4, -0.2) is 51.3 Å². The van der Waals surface area contributed by atoms with Gasteiger partial charge in [-0.1, -0.05) is 0 Å². The highest BCUT2D eigenvalue weighted by Crippen LogP contribution is 2.55. The minimum Gasteiger partial charge on any atom is -0.338 e. The fraction of sp³-hybridized carbons (Fsp3) is 0.391. The molecule has 2 aromatic heterocycles. The highest BCUT2D eigenvalue weighted by molar-refractivity contribution is 5.95. The number of pyridine rings is 1. The van der Waals surface area contributed by atoms with Gasteiger partial charge in [-0.2, -0.15) is 0 Å². The maximum Gasteiger partial charge on any atom is 0.258 e. The first kappa shape index (κ1) is 19.3. The molecule has 1 N–H and O–H groups in total. The molecule has 2 fully saturated rings. The third-order valence-corrected chi connectivity index (χ3v) is 6.86. The number of hydrogen-bond donors (Lipinski definition) is 1. The Kier molecular flexibility index (Phi) is 4.12. The normalized spacial score (nSPS) is 23.6. The van der Waals surface area contributed by atoms with Crippen molar-refractivity contribution < 1.29 is 13.6 Å². The molecule has 7 nitrogen and oxygen atoms in total. The second-order valence-electron chi connectivity index (χ2n) is 8.93. The molecule has 0 radical (unpaired) electrons. The maximum absolute atomic E-state index is 13.5. The third-order valence-electron chi connectivity index (χ3n) is 6.86. The lowest BCUT2D eigenvalue weighted by Crippen LogP contribution is -2.42. The van der Waals surface area contributed by atoms with Crippen molar-refractivity contribution in [2.75, 3.05) is 24.5 Å². The van der Waals surface area contributed by atoms with Crippen molar-refractivity contribution in [3.63, 3.8) is 0 Å². The highest BCUT2D eigenvalue weighted by Gasteiger charge is 2.46. The van der Waals surface area contributed by atoms with E-state index in [1.165, 1.54) is 11.2 Å². The van der Waals surface area contributed by atoms with Crippen LogP contribution < -0.4 is 10.5 Å². The van der Waals surface area contributed by atoms with E-state index in [-0.39, 0.29) is 37.4 Å². The van der Waals surface area contributed by atoms with Crippen LogP contribution in [0.5, 0.6) is 0 Å². The summed E-state index contributed by atoms with van der Waals surface area (Å²) >= 11 is 0. The zero-order valence-corrected chi connectivity index (χ0v) is 17.2. The van der Waals surface area contributed by atoms with Crippen LogP contribution in [0.2, 0.25) is 0 Å². The summed E-state index contributed by atoms with van der Waals surface area (Å²) in [7, 11) is 0. The van der Waals surface area contributed by atoms with Gasteiger partial charge in [0.15, 0.2) is 0 Å². The topological polar surface area (TPSA) is 82.2 Å². The molecule has 2 atom stereocenters. The summed E-state index contributed by atoms with van der Waals surface area (Å²) in [5.41, 5.74) is 2.80. The number of piperidine rings is 1. The number of nitrogens with zero attached hydrogens (tertiary/aromatic N) is 4. The van der Waals surface area contributed by atoms with Crippen molar-refractivity contribution in [1.29, 1.82) is 0 Å². The van der Waals surface area contributed by atoms with Gasteiger partial charge >= 0.3 is 0 Å². The molecular formula is C23H21F2N5O2. The lowest BCUT2D eigenvalue weighted by molar-refractivity contribution is -0.0494. The van der Waals surface area contributed by atoms with E-state index in [0.29, 0.717) is 28.3 Å². The molecular weight excluding hydrogens is 416 g/mol. The van der Waals surface area contributed by atoms with E-state index in [9.17, 15) is 18.4 Å². The van der Waals surface area contributed by atoms with Crippen molar-refractivity contribution in [2.45, 2.75) is 31.1 Å². The van der Waals surface area contributed by atoms with E-state index in [2.05, 4.69) is 19.9 Å². The average molecular weight is 437 g/mol. The molecule has 3 aliphatic rings. The molecule has 3 aromatic rings. The van der Waals surface area contributed by atoms with Crippen molar-refractivity contribution in [3.05, 3.63) is 58.3 Å². The van der Waals surface area contributed by atoms with Gasteiger partial charge in [0.05, 0.1) is 22.8 Å². The smallest absolute Gasteiger partial charge is 0.258 e. The zero-order valence-electron chi connectivity index (χ0n) is 17.2. The van der Waals surface area contributed by atoms with Crippen molar-refractivity contribution in [2.24, 2.45) is 5.92 Å². The number of benzene rings is 1. The van der Waals surface area contributed by atoms with E-state index < -0.39 is 5.92 Å². The fourth-order valence-corrected chi connectivity index (χ4v) is 4.91. The number of anilines is 2. The predicted octanol–water partition coefficient (Wildman–Crippen LogP) is 3.44. The summed E-state index contributed by atoms with van der Waals surface area (Å²) in [6.45, 7) is 0.933. The van der Waals surface area contributed by atoms with E-state index in [1.807, 2.05) is 18.2 Å². The van der Waals surface area contributed by atoms with Crippen LogP contribution in [0.4, 0.5) is 20.3 Å². The molecule has 1 aromatic carbocycles. The van der Waals surface area contributed by atoms with Crippen LogP contribution in [0.3, 0.4) is 0 Å². The molecule has 6 rings (SSSR count). The lowest BCUT2D eigenvalue weighted by Gasteiger charge is -2.33. The Balaban J connectivity index is 1.33. The first-order valence-electron chi connectivity index (χ1n) is 10.8. The van der Waals surface area contributed by atoms with Crippen LogP contribution in [-0.2, 0) is 0 Å². The van der Waals surface area contributed by atoms with Crippen LogP contribution in [0.15, 0.2) is 41.6 Å². The summed E-state index contributed by atoms with van der Waals surface area (Å²) in [5.74, 6) is -1.28. The molecule has 0 spiro atoms. The van der Waals surface area contributed by atoms with Gasteiger partial charge in [-0.15, -0.1) is 0 Å². The van der Waals surface area contributed by atoms with E-state index in [1.54, 1.807) is 12.3 Å². The Morgan fingerprint density at radius 2 is 1.97 bits per heavy atom. The van der Waals surface area contributed by atoms with Gasteiger partial charge in [-0.25, -0.2) is 18.7 Å². The van der Waals surface area contributed by atoms with Crippen molar-refractivity contribution >= 4 is 28.3 Å². The second-order valence-corrected chi connectivity index (χ2v) is 8.93. The van der Waals surface area contributed by atoms with Gasteiger partial charge in [0.1, 0.15) is 5.82 Å². The molecule has 1 saturated heterocycles. The minimum absolute atomic E-state index is 0.0598. The molecule has 1 aliphatic carbocycles. The number of fused-ring (bicyclic) bond motifs is 4. The highest BCUT2D eigenvalue weighted by atomic mass is 19.3. The quantitative estimate of drug-likeness (QED) is 0.664. The standard InChI is InChI=1S/C23H21F2N5O2/c24-23(25)3-5-29(6-4-23)22(32)13-7-18-17-8-14(17)11-30(20(18)26-10-13)15-1-2-16-19(9-15)27-12-28-21(16)31/h1-2,7,9-10,12,14,17H,3-6,8,11H2,(H,27,28,31). The Bertz CT molecular complexity index is 1300. The van der Waals surface area contributed by atoms with Gasteiger partial charge in [0.2, 0.25) is 0 Å². The fourth-order valence-electron chi connectivity index (χ4n) is 4.91. The van der Waals surface area contributed by atoms with E-state index >= 15 is 0 Å². The maximum atomic E-state index is 13.5. The number of amides is 1. The Morgan fingerprint density at radius 1 is 1.16 bits per heavy atom. The van der Waals surface area contributed by atoms with Crippen LogP contribution >= 0.6 is 0 Å². The Labute approximate surface area is 182 Å². The van der Waals surface area contributed by atoms with Gasteiger partial charge in [-0.05, 0) is 48.1 Å². The first-order valence-corrected chi connectivity index (χ1v) is 10.8.